The molecule has 0 saturated heterocycles. The Balaban J connectivity index is 2.21. The van der Waals surface area contributed by atoms with Crippen LogP contribution in [0.15, 0.2) is 35.8 Å². The zero-order valence-electron chi connectivity index (χ0n) is 10.1. The van der Waals surface area contributed by atoms with Crippen molar-refractivity contribution in [2.75, 3.05) is 6.61 Å². The fourth-order valence-corrected chi connectivity index (χ4v) is 3.10. The third kappa shape index (κ3) is 2.93. The average Bonchev–Trinajstić information content (AvgIpc) is 2.73. The van der Waals surface area contributed by atoms with Crippen LogP contribution in [0.5, 0.6) is 0 Å². The fraction of sp³-hybridized carbons (Fsp3) is 0.357. The molecule has 1 N–H and O–H groups in total. The summed E-state index contributed by atoms with van der Waals surface area (Å²) in [6.45, 7) is 3.33. The summed E-state index contributed by atoms with van der Waals surface area (Å²) in [4.78, 5) is 1.31. The summed E-state index contributed by atoms with van der Waals surface area (Å²) >= 11 is 1.75. The molecule has 0 fully saturated rings. The van der Waals surface area contributed by atoms with Crippen molar-refractivity contribution in [2.24, 2.45) is 0 Å². The Morgan fingerprint density at radius 1 is 1.24 bits per heavy atom. The molecule has 0 radical (unpaired) electrons. The first-order valence-electron chi connectivity index (χ1n) is 5.98. The number of aliphatic hydroxyl groups excluding tert-OH is 1. The van der Waals surface area contributed by atoms with E-state index in [-0.39, 0.29) is 6.61 Å². The predicted molar refractivity (Wildman–Crippen MR) is 70.2 cm³/mol. The number of hydrogen-bond acceptors (Lipinski definition) is 2. The molecule has 1 heterocycles. The topological polar surface area (TPSA) is 24.1 Å². The van der Waals surface area contributed by atoms with Crippen LogP contribution in [0.25, 0.3) is 0 Å². The van der Waals surface area contributed by atoms with Crippen LogP contribution in [0.2, 0.25) is 0 Å². The maximum absolute atomic E-state index is 9.04. The van der Waals surface area contributed by atoms with E-state index in [9.17, 15) is 0 Å². The quantitative estimate of drug-likeness (QED) is 0.806. The van der Waals surface area contributed by atoms with E-state index in [4.69, 9.17) is 5.11 Å². The highest BCUT2D eigenvalue weighted by molar-refractivity contribution is 7.09. The summed E-state index contributed by atoms with van der Waals surface area (Å²) in [5, 5.41) is 9.04. The minimum absolute atomic E-state index is 0.235. The minimum atomic E-state index is 0.235. The number of hydrogen-bond donors (Lipinski definition) is 1. The molecule has 0 spiro atoms. The van der Waals surface area contributed by atoms with Crippen molar-refractivity contribution in [3.63, 3.8) is 0 Å². The molecule has 0 aliphatic carbocycles. The average molecular weight is 248 g/mol. The number of nitrogens with zero attached hydrogens (tertiary/aromatic N) is 1. The Hall–Kier alpha value is -1.19. The van der Waals surface area contributed by atoms with Crippen molar-refractivity contribution in [2.45, 2.75) is 26.3 Å². The van der Waals surface area contributed by atoms with Gasteiger partial charge in [0.05, 0.1) is 4.88 Å². The third-order valence-electron chi connectivity index (χ3n) is 2.86. The van der Waals surface area contributed by atoms with Crippen LogP contribution >= 0.6 is 11.3 Å². The monoisotopic (exact) mass is 248 g/mol. The van der Waals surface area contributed by atoms with E-state index in [0.29, 0.717) is 0 Å². The zero-order valence-corrected chi connectivity index (χ0v) is 10.9. The van der Waals surface area contributed by atoms with Gasteiger partial charge in [-0.15, -0.1) is 0 Å². The summed E-state index contributed by atoms with van der Waals surface area (Å²) in [5.74, 6) is 0. The lowest BCUT2D eigenvalue weighted by molar-refractivity contribution is -0.691. The van der Waals surface area contributed by atoms with Gasteiger partial charge in [0.1, 0.15) is 0 Å². The number of thiazole rings is 1. The van der Waals surface area contributed by atoms with Gasteiger partial charge in [-0.3, -0.25) is 0 Å². The van der Waals surface area contributed by atoms with E-state index < -0.39 is 0 Å². The van der Waals surface area contributed by atoms with Gasteiger partial charge in [0.2, 0.25) is 5.51 Å². The van der Waals surface area contributed by atoms with Gasteiger partial charge >= 0.3 is 0 Å². The van der Waals surface area contributed by atoms with Crippen molar-refractivity contribution in [3.05, 3.63) is 52.0 Å². The van der Waals surface area contributed by atoms with Gasteiger partial charge in [0.15, 0.2) is 12.2 Å². The van der Waals surface area contributed by atoms with E-state index in [0.717, 1.165) is 19.4 Å². The smallest absolute Gasteiger partial charge is 0.225 e. The molecule has 0 unspecified atom stereocenters. The Kier molecular flexibility index (Phi) is 4.29. The molecule has 17 heavy (non-hydrogen) atoms. The van der Waals surface area contributed by atoms with Crippen LogP contribution in [0, 0.1) is 0 Å². The lowest BCUT2D eigenvalue weighted by Gasteiger charge is -1.99. The van der Waals surface area contributed by atoms with Crippen molar-refractivity contribution >= 4 is 11.3 Å². The highest BCUT2D eigenvalue weighted by Gasteiger charge is 2.17. The van der Waals surface area contributed by atoms with Gasteiger partial charge < -0.3 is 5.11 Å². The fourth-order valence-electron chi connectivity index (χ4n) is 2.04. The van der Waals surface area contributed by atoms with Gasteiger partial charge in [-0.25, -0.2) is 0 Å². The Morgan fingerprint density at radius 3 is 2.65 bits per heavy atom. The predicted octanol–water partition coefficient (Wildman–Crippen LogP) is 2.18. The lowest BCUT2D eigenvalue weighted by atomic mass is 10.2. The van der Waals surface area contributed by atoms with Crippen LogP contribution in [-0.4, -0.2) is 11.7 Å². The molecule has 90 valence electrons. The highest BCUT2D eigenvalue weighted by Crippen LogP contribution is 2.14. The molecule has 0 atom stereocenters. The molecular formula is C14H18NOS+. The molecule has 0 saturated carbocycles. The summed E-state index contributed by atoms with van der Waals surface area (Å²) in [6.07, 6.45) is 1.79. The maximum atomic E-state index is 9.04. The normalized spacial score (nSPS) is 10.7. The molecule has 2 aromatic rings. The number of benzene rings is 1. The molecule has 0 aliphatic heterocycles. The van der Waals surface area contributed by atoms with Gasteiger partial charge in [-0.05, 0) is 0 Å². The first kappa shape index (κ1) is 12.3. The molecule has 0 amide bonds. The van der Waals surface area contributed by atoms with E-state index >= 15 is 0 Å². The van der Waals surface area contributed by atoms with Gasteiger partial charge in [-0.2, -0.15) is 4.57 Å². The van der Waals surface area contributed by atoms with Crippen molar-refractivity contribution in [3.8, 4) is 0 Å². The first-order chi connectivity index (χ1) is 8.35. The number of rotatable bonds is 5. The molecule has 1 aromatic heterocycles. The van der Waals surface area contributed by atoms with Crippen LogP contribution in [0.4, 0.5) is 0 Å². The van der Waals surface area contributed by atoms with Crippen molar-refractivity contribution in [1.29, 1.82) is 0 Å². The van der Waals surface area contributed by atoms with E-state index in [2.05, 4.69) is 41.3 Å². The lowest BCUT2D eigenvalue weighted by Crippen LogP contribution is -2.36. The van der Waals surface area contributed by atoms with E-state index in [1.54, 1.807) is 11.3 Å². The second-order valence-electron chi connectivity index (χ2n) is 4.03. The summed E-state index contributed by atoms with van der Waals surface area (Å²) in [5.41, 5.74) is 4.84. The third-order valence-corrected chi connectivity index (χ3v) is 3.94. The van der Waals surface area contributed by atoms with Crippen molar-refractivity contribution in [1.82, 2.24) is 0 Å². The standard InChI is InChI=1S/C14H18NOS/c1-2-13-14(8-9-16)17-11-15(13)10-12-6-4-3-5-7-12/h3-7,11,16H,2,8-10H2,1H3/q+1. The van der Waals surface area contributed by atoms with E-state index in [1.165, 1.54) is 16.1 Å². The number of aliphatic hydroxyl groups is 1. The molecular weight excluding hydrogens is 230 g/mol. The van der Waals surface area contributed by atoms with Gasteiger partial charge in [-0.1, -0.05) is 48.6 Å². The highest BCUT2D eigenvalue weighted by atomic mass is 32.1. The maximum Gasteiger partial charge on any atom is 0.225 e. The number of aromatic nitrogens is 1. The second-order valence-corrected chi connectivity index (χ2v) is 4.97. The first-order valence-corrected chi connectivity index (χ1v) is 6.86. The molecule has 1 aromatic carbocycles. The summed E-state index contributed by atoms with van der Waals surface area (Å²) in [7, 11) is 0. The van der Waals surface area contributed by atoms with E-state index in [1.807, 2.05) is 6.07 Å². The van der Waals surface area contributed by atoms with Crippen LogP contribution < -0.4 is 4.57 Å². The Bertz CT molecular complexity index is 464. The van der Waals surface area contributed by atoms with Gasteiger partial charge in [0, 0.05) is 25.0 Å². The molecule has 2 nitrogen and oxygen atoms in total. The zero-order chi connectivity index (χ0) is 12.1. The summed E-state index contributed by atoms with van der Waals surface area (Å²) < 4.78 is 2.30. The Morgan fingerprint density at radius 2 is 2.00 bits per heavy atom. The van der Waals surface area contributed by atoms with Crippen LogP contribution in [0.1, 0.15) is 23.1 Å². The Labute approximate surface area is 106 Å². The summed E-state index contributed by atoms with van der Waals surface area (Å²) in [6, 6.07) is 10.5. The van der Waals surface area contributed by atoms with Crippen LogP contribution in [0.3, 0.4) is 0 Å². The largest absolute Gasteiger partial charge is 0.396 e. The van der Waals surface area contributed by atoms with Gasteiger partial charge in [0.25, 0.3) is 0 Å². The molecule has 3 heteroatoms. The van der Waals surface area contributed by atoms with Crippen molar-refractivity contribution < 1.29 is 9.67 Å². The minimum Gasteiger partial charge on any atom is -0.396 e. The van der Waals surface area contributed by atoms with Crippen LogP contribution in [-0.2, 0) is 19.4 Å². The molecule has 0 aliphatic rings. The molecule has 2 rings (SSSR count). The molecule has 0 bridgehead atoms. The second kappa shape index (κ2) is 5.94. The SMILES string of the molecule is CCc1c(CCO)sc[n+]1Cc1ccccc1.